The van der Waals surface area contributed by atoms with E-state index in [-0.39, 0.29) is 91.9 Å². The first-order valence-corrected chi connectivity index (χ1v) is 31.8. The summed E-state index contributed by atoms with van der Waals surface area (Å²) in [6.07, 6.45) is -0.177. The lowest BCUT2D eigenvalue weighted by Crippen LogP contribution is -2.61. The van der Waals surface area contributed by atoms with Crippen molar-refractivity contribution in [2.24, 2.45) is 57.3 Å². The lowest BCUT2D eigenvalue weighted by atomic mass is 9.66. The Kier molecular flexibility index (Phi) is 26.8. The number of phenols is 1. The highest BCUT2D eigenvalue weighted by atomic mass is 32.2. The van der Waals surface area contributed by atoms with E-state index in [0.717, 1.165) is 16.3 Å². The van der Waals surface area contributed by atoms with Crippen LogP contribution in [0.3, 0.4) is 0 Å². The number of phenolic OH excluding ortho intramolecular Hbond substituents is 1. The van der Waals surface area contributed by atoms with E-state index in [2.05, 4.69) is 36.9 Å². The number of carbonyl (C=O) groups is 9. The second-order valence-corrected chi connectivity index (χ2v) is 24.2. The smallest absolute Gasteiger partial charge is 0.310 e. The molecule has 19 N–H and O–H groups in total. The van der Waals surface area contributed by atoms with Crippen molar-refractivity contribution >= 4 is 71.0 Å². The van der Waals surface area contributed by atoms with Gasteiger partial charge < -0.3 is 104 Å². The van der Waals surface area contributed by atoms with Gasteiger partial charge in [0.25, 0.3) is 0 Å². The van der Waals surface area contributed by atoms with Gasteiger partial charge in [-0.15, -0.1) is 11.8 Å². The van der Waals surface area contributed by atoms with E-state index in [4.69, 9.17) is 57.1 Å². The molecule has 2 aromatic carbocycles. The summed E-state index contributed by atoms with van der Waals surface area (Å²) in [5.74, 6) is -10.5. The number of hydrogen-bond acceptors (Lipinski definition) is 22. The van der Waals surface area contributed by atoms with Gasteiger partial charge in [0.15, 0.2) is 34.8 Å². The third-order valence-corrected chi connectivity index (χ3v) is 18.0. The zero-order valence-corrected chi connectivity index (χ0v) is 54.1. The number of amides is 7. The van der Waals surface area contributed by atoms with Crippen LogP contribution in [0.1, 0.15) is 121 Å². The van der Waals surface area contributed by atoms with E-state index in [1.807, 2.05) is 6.92 Å². The van der Waals surface area contributed by atoms with Crippen molar-refractivity contribution < 1.29 is 86.9 Å². The number of ether oxygens (including phenoxy) is 6. The number of aliphatic imine (C=N–C) groups is 1. The van der Waals surface area contributed by atoms with Gasteiger partial charge in [0.2, 0.25) is 59.8 Å². The number of nitrogens with one attached hydrogen (secondary N) is 6. The Balaban J connectivity index is 1.13. The molecule has 3 aliphatic rings. The Morgan fingerprint density at radius 2 is 1.28 bits per heavy atom. The molecular weight excluding hydrogens is 1230 g/mol. The number of likely N-dealkylation sites (N-methyl/N-ethyl adjacent to an activating group) is 1. The highest BCUT2D eigenvalue weighted by Crippen LogP contribution is 2.56. The van der Waals surface area contributed by atoms with E-state index in [9.17, 15) is 58.5 Å². The van der Waals surface area contributed by atoms with Crippen molar-refractivity contribution in [2.45, 2.75) is 152 Å². The van der Waals surface area contributed by atoms with Gasteiger partial charge in [0.05, 0.1) is 44.1 Å². The first-order valence-electron chi connectivity index (χ1n) is 30.8. The second-order valence-electron chi connectivity index (χ2n) is 23.1. The number of primary amides is 1. The van der Waals surface area contributed by atoms with Crippen LogP contribution in [0.2, 0.25) is 0 Å². The number of aromatic nitrogens is 1. The molecule has 1 saturated heterocycles. The Bertz CT molecular complexity index is 3190. The molecule has 12 atom stereocenters. The van der Waals surface area contributed by atoms with Crippen molar-refractivity contribution in [3.63, 3.8) is 0 Å². The summed E-state index contributed by atoms with van der Waals surface area (Å²) in [6.45, 7) is 6.95. The summed E-state index contributed by atoms with van der Waals surface area (Å²) in [7, 11) is 4.19. The third kappa shape index (κ3) is 18.7. The number of unbranched alkanes of at least 4 members (excludes halogenated alkanes) is 1. The van der Waals surface area contributed by atoms with Crippen LogP contribution in [-0.2, 0) is 59.2 Å². The molecule has 1 aliphatic carbocycles. The number of carbonyl (C=O) groups excluding carboxylic acids is 9. The maximum atomic E-state index is 14.3. The first kappa shape index (κ1) is 73.1. The largest absolute Gasteiger partial charge is 0.502 e. The number of aromatic hydroxyl groups is 3. The highest BCUT2D eigenvalue weighted by molar-refractivity contribution is 7.99. The van der Waals surface area contributed by atoms with Gasteiger partial charge in [-0.05, 0) is 92.3 Å². The number of nitrogens with zero attached hydrogens (tertiary/aromatic N) is 2. The molecule has 3 heterocycles. The number of cyclic esters (lactones) is 1. The summed E-state index contributed by atoms with van der Waals surface area (Å²) in [5, 5.41) is 49.1. The number of rotatable bonds is 36. The standard InChI is InChI=1S/C61H89N13O18S/c1-8-29(3)49(57(83)67-5)72-55(81)36(13-10-11-18-62)71-58(84)50(30(4)9-2)73-56(82)38(15-16-44(64)75)70-54(80)37(14-12-19-68-61(65)66)69-53(79)35(63)27-93-43-25-45(76)74(59(43)85)20-17-46(77)92-52-33-24-40-39(90-28-91-40)23-32(33)47(48-34(52)26-89-60(48)86)31-21-41(87-6)51(78)42(22-31)88-7/h21-25,29-30,34-38,47-50,52,76,78,85H,8-20,26-28,62-63H2,1-7H3,(H2,64,75)(H,67,83)(H,69,79)(H,70,80)(H,71,84)(H,72,81)(H,73,82)(H4,65,66,68)/t29?,30?,34-,35-,36-,37-,38-,47+,48-,49-,50-,52+/m0/s1. The highest BCUT2D eigenvalue weighted by Gasteiger charge is 2.54. The molecule has 0 radical (unpaired) electrons. The maximum absolute atomic E-state index is 14.3. The average Bonchev–Trinajstić information content (AvgIpc) is 1.69. The number of nitrogens with two attached hydrogens (primary N) is 5. The van der Waals surface area contributed by atoms with Crippen LogP contribution >= 0.6 is 11.8 Å². The summed E-state index contributed by atoms with van der Waals surface area (Å²) in [4.78, 5) is 127. The Labute approximate surface area is 542 Å². The Morgan fingerprint density at radius 3 is 1.85 bits per heavy atom. The summed E-state index contributed by atoms with van der Waals surface area (Å²) in [5.41, 5.74) is 30.3. The molecule has 93 heavy (non-hydrogen) atoms. The van der Waals surface area contributed by atoms with Gasteiger partial charge in [-0.3, -0.25) is 52.7 Å². The fourth-order valence-corrected chi connectivity index (χ4v) is 12.2. The molecule has 32 heteroatoms. The molecule has 1 fully saturated rings. The predicted octanol–water partition coefficient (Wildman–Crippen LogP) is 0.0898. The molecule has 1 aromatic heterocycles. The van der Waals surface area contributed by atoms with Gasteiger partial charge >= 0.3 is 11.9 Å². The maximum Gasteiger partial charge on any atom is 0.310 e. The topological polar surface area (TPSA) is 489 Å². The van der Waals surface area contributed by atoms with Gasteiger partial charge in [0, 0.05) is 55.8 Å². The van der Waals surface area contributed by atoms with Crippen LogP contribution in [0, 0.1) is 23.7 Å². The van der Waals surface area contributed by atoms with E-state index in [0.29, 0.717) is 60.4 Å². The normalized spacial score (nSPS) is 18.6. The number of thioether (sulfide) groups is 1. The first-order chi connectivity index (χ1) is 44.3. The van der Waals surface area contributed by atoms with Crippen LogP contribution in [-0.4, -0.2) is 169 Å². The number of fused-ring (bicyclic) bond motifs is 3. The SMILES string of the molecule is CCC(C)[C@H](NC(=O)[C@H](CCCCN)NC(=O)[C@@H](NC(=O)[C@H](CCC(N)=O)NC(=O)[C@H](CCCN=C(N)N)NC(=O)[C@@H](N)CSc1cc(O)n(CCC(=O)O[C@@H]2c3cc4c(cc3[C@@H](c3cc(OC)c(O)c(OC)c3)[C@H]3C(=O)OC[C@@H]32)OCO4)c1O)C(C)CC)C(=O)NC. The van der Waals surface area contributed by atoms with Crippen molar-refractivity contribution in [1.29, 1.82) is 0 Å². The minimum Gasteiger partial charge on any atom is -0.502 e. The Morgan fingerprint density at radius 1 is 0.720 bits per heavy atom. The molecule has 0 spiro atoms. The van der Waals surface area contributed by atoms with E-state index >= 15 is 0 Å². The summed E-state index contributed by atoms with van der Waals surface area (Å²) in [6, 6.07) is 0.0757. The van der Waals surface area contributed by atoms with Crippen LogP contribution < -0.4 is 79.5 Å². The zero-order valence-electron chi connectivity index (χ0n) is 53.3. The molecule has 31 nitrogen and oxygen atoms in total. The van der Waals surface area contributed by atoms with Crippen LogP contribution in [0.4, 0.5) is 0 Å². The number of benzene rings is 2. The molecule has 2 aliphatic heterocycles. The van der Waals surface area contributed by atoms with E-state index in [1.165, 1.54) is 27.3 Å². The lowest BCUT2D eigenvalue weighted by Gasteiger charge is -2.38. The number of esters is 2. The minimum atomic E-state index is -1.52. The van der Waals surface area contributed by atoms with Crippen LogP contribution in [0.15, 0.2) is 40.2 Å². The molecule has 0 saturated carbocycles. The number of methoxy groups -OCH3 is 2. The van der Waals surface area contributed by atoms with Crippen molar-refractivity contribution in [1.82, 2.24) is 36.5 Å². The molecule has 2 unspecified atom stereocenters. The number of hydrogen-bond donors (Lipinski definition) is 14. The second kappa shape index (κ2) is 34.1. The summed E-state index contributed by atoms with van der Waals surface area (Å²) < 4.78 is 35.1. The Hall–Kier alpha value is -8.91. The molecule has 6 rings (SSSR count). The van der Waals surface area contributed by atoms with Gasteiger partial charge in [-0.2, -0.15) is 0 Å². The third-order valence-electron chi connectivity index (χ3n) is 16.8. The van der Waals surface area contributed by atoms with Crippen LogP contribution in [0.25, 0.3) is 0 Å². The molecule has 3 aromatic rings. The van der Waals surface area contributed by atoms with Gasteiger partial charge in [0.1, 0.15) is 36.3 Å². The number of guanidine groups is 1. The van der Waals surface area contributed by atoms with E-state index in [1.54, 1.807) is 45.0 Å². The average molecular weight is 1320 g/mol. The summed E-state index contributed by atoms with van der Waals surface area (Å²) >= 11 is 0.860. The fraction of sp³-hybridized carbons (Fsp3) is 0.574. The van der Waals surface area contributed by atoms with E-state index < -0.39 is 144 Å². The minimum absolute atomic E-state index is 0.0154. The zero-order chi connectivity index (χ0) is 68.4. The molecule has 7 amide bonds. The fourth-order valence-electron chi connectivity index (χ4n) is 11.2. The lowest BCUT2D eigenvalue weighted by molar-refractivity contribution is -0.155. The van der Waals surface area contributed by atoms with Gasteiger partial charge in [-0.1, -0.05) is 40.5 Å². The molecule has 0 bridgehead atoms. The predicted molar refractivity (Wildman–Crippen MR) is 337 cm³/mol. The molecule has 512 valence electrons. The van der Waals surface area contributed by atoms with Crippen LogP contribution in [0.5, 0.6) is 40.5 Å². The van der Waals surface area contributed by atoms with Gasteiger partial charge in [-0.25, -0.2) is 0 Å². The molecular formula is C61H89N13O18S. The van der Waals surface area contributed by atoms with Crippen molar-refractivity contribution in [2.75, 3.05) is 53.5 Å². The van der Waals surface area contributed by atoms with Crippen molar-refractivity contribution in [3.05, 3.63) is 47.0 Å². The monoisotopic (exact) mass is 1320 g/mol. The van der Waals surface area contributed by atoms with Crippen molar-refractivity contribution in [3.8, 4) is 40.5 Å². The quantitative estimate of drug-likeness (QED) is 0.0121.